The number of hydrogen-bond donors (Lipinski definition) is 1. The lowest BCUT2D eigenvalue weighted by atomic mass is 10.1. The molecule has 1 fully saturated rings. The molecular formula is C10H20N2O2. The summed E-state index contributed by atoms with van der Waals surface area (Å²) in [7, 11) is 4.17. The summed E-state index contributed by atoms with van der Waals surface area (Å²) in [4.78, 5) is 14.8. The average Bonchev–Trinajstić information content (AvgIpc) is 2.47. The predicted octanol–water partition coefficient (Wildman–Crippen LogP) is 0.345. The van der Waals surface area contributed by atoms with Gasteiger partial charge in [0.15, 0.2) is 0 Å². The first-order chi connectivity index (χ1) is 6.58. The van der Waals surface area contributed by atoms with E-state index in [4.69, 9.17) is 5.11 Å². The van der Waals surface area contributed by atoms with Gasteiger partial charge in [-0.1, -0.05) is 0 Å². The first-order valence-corrected chi connectivity index (χ1v) is 5.17. The van der Waals surface area contributed by atoms with Crippen LogP contribution < -0.4 is 0 Å². The van der Waals surface area contributed by atoms with Crippen LogP contribution >= 0.6 is 0 Å². The van der Waals surface area contributed by atoms with E-state index < -0.39 is 5.97 Å². The van der Waals surface area contributed by atoms with E-state index in [9.17, 15) is 4.79 Å². The number of likely N-dealkylation sites (tertiary alicyclic amines) is 1. The van der Waals surface area contributed by atoms with E-state index in [1.807, 2.05) is 0 Å². The molecule has 0 saturated carbocycles. The zero-order valence-corrected chi connectivity index (χ0v) is 9.07. The highest BCUT2D eigenvalue weighted by Crippen LogP contribution is 2.16. The van der Waals surface area contributed by atoms with Gasteiger partial charge in [0.1, 0.15) is 0 Å². The van der Waals surface area contributed by atoms with Crippen LogP contribution in [-0.2, 0) is 4.79 Å². The lowest BCUT2D eigenvalue weighted by Gasteiger charge is -2.17. The molecule has 1 rings (SSSR count). The zero-order valence-electron chi connectivity index (χ0n) is 9.07. The summed E-state index contributed by atoms with van der Waals surface area (Å²) in [5.74, 6) is 0.0276. The van der Waals surface area contributed by atoms with E-state index in [0.29, 0.717) is 6.54 Å². The summed E-state index contributed by atoms with van der Waals surface area (Å²) in [5, 5.41) is 8.55. The number of aliphatic carboxylic acids is 1. The maximum Gasteiger partial charge on any atom is 0.304 e. The number of carbonyl (C=O) groups is 1. The molecule has 1 aliphatic rings. The fraction of sp³-hybridized carbons (Fsp3) is 0.900. The van der Waals surface area contributed by atoms with Crippen LogP contribution in [0.15, 0.2) is 0 Å². The molecule has 0 aromatic heterocycles. The summed E-state index contributed by atoms with van der Waals surface area (Å²) in [6, 6.07) is 0. The lowest BCUT2D eigenvalue weighted by molar-refractivity contribution is -0.137. The highest BCUT2D eigenvalue weighted by molar-refractivity contribution is 5.66. The largest absolute Gasteiger partial charge is 0.481 e. The van der Waals surface area contributed by atoms with Crippen molar-refractivity contribution in [3.8, 4) is 0 Å². The van der Waals surface area contributed by atoms with Crippen LogP contribution in [0.2, 0.25) is 0 Å². The van der Waals surface area contributed by atoms with Crippen molar-refractivity contribution in [2.45, 2.75) is 12.8 Å². The summed E-state index contributed by atoms with van der Waals surface area (Å²) in [6.07, 6.45) is 1.48. The highest BCUT2D eigenvalue weighted by Gasteiger charge is 2.22. The standard InChI is InChI=1S/C10H20N2O2/c1-11(2)7-9-3-5-12(8-9)6-4-10(13)14/h9H,3-8H2,1-2H3,(H,13,14). The Morgan fingerprint density at radius 3 is 2.86 bits per heavy atom. The molecule has 0 amide bonds. The van der Waals surface area contributed by atoms with Gasteiger partial charge in [-0.05, 0) is 33.0 Å². The third-order valence-electron chi connectivity index (χ3n) is 2.64. The van der Waals surface area contributed by atoms with Gasteiger partial charge >= 0.3 is 5.97 Å². The number of hydrogen-bond acceptors (Lipinski definition) is 3. The maximum atomic E-state index is 10.4. The minimum Gasteiger partial charge on any atom is -0.481 e. The molecule has 0 spiro atoms. The quantitative estimate of drug-likeness (QED) is 0.695. The Kier molecular flexibility index (Phi) is 4.35. The Bertz CT molecular complexity index is 195. The van der Waals surface area contributed by atoms with E-state index in [0.717, 1.165) is 25.6 Å². The summed E-state index contributed by atoms with van der Waals surface area (Å²) >= 11 is 0. The van der Waals surface area contributed by atoms with Gasteiger partial charge in [0.25, 0.3) is 0 Å². The Balaban J connectivity index is 2.17. The molecule has 1 heterocycles. The number of carboxylic acids is 1. The van der Waals surface area contributed by atoms with Gasteiger partial charge in [-0.25, -0.2) is 0 Å². The molecule has 4 nitrogen and oxygen atoms in total. The average molecular weight is 200 g/mol. The molecule has 4 heteroatoms. The Morgan fingerprint density at radius 1 is 1.57 bits per heavy atom. The van der Waals surface area contributed by atoms with Gasteiger partial charge < -0.3 is 14.9 Å². The van der Waals surface area contributed by atoms with Gasteiger partial charge in [0, 0.05) is 19.6 Å². The van der Waals surface area contributed by atoms with Crippen LogP contribution in [0.4, 0.5) is 0 Å². The van der Waals surface area contributed by atoms with Crippen molar-refractivity contribution in [3.63, 3.8) is 0 Å². The topological polar surface area (TPSA) is 43.8 Å². The van der Waals surface area contributed by atoms with Crippen LogP contribution in [0.1, 0.15) is 12.8 Å². The third kappa shape index (κ3) is 4.07. The smallest absolute Gasteiger partial charge is 0.304 e. The molecule has 1 N–H and O–H groups in total. The highest BCUT2D eigenvalue weighted by atomic mass is 16.4. The molecule has 82 valence electrons. The minimum absolute atomic E-state index is 0.273. The fourth-order valence-corrected chi connectivity index (χ4v) is 2.04. The van der Waals surface area contributed by atoms with Crippen molar-refractivity contribution in [3.05, 3.63) is 0 Å². The Morgan fingerprint density at radius 2 is 2.29 bits per heavy atom. The van der Waals surface area contributed by atoms with Gasteiger partial charge in [0.2, 0.25) is 0 Å². The van der Waals surface area contributed by atoms with Crippen LogP contribution in [0.25, 0.3) is 0 Å². The summed E-state index contributed by atoms with van der Waals surface area (Å²) in [5.41, 5.74) is 0. The molecule has 0 aromatic rings. The van der Waals surface area contributed by atoms with E-state index in [-0.39, 0.29) is 6.42 Å². The first kappa shape index (κ1) is 11.5. The van der Waals surface area contributed by atoms with Crippen molar-refractivity contribution in [1.29, 1.82) is 0 Å². The van der Waals surface area contributed by atoms with Gasteiger partial charge in [-0.15, -0.1) is 0 Å². The van der Waals surface area contributed by atoms with Crippen LogP contribution in [0, 0.1) is 5.92 Å². The van der Waals surface area contributed by atoms with Crippen LogP contribution in [-0.4, -0.2) is 61.2 Å². The second kappa shape index (κ2) is 5.32. The Labute approximate surface area is 85.5 Å². The minimum atomic E-state index is -0.693. The SMILES string of the molecule is CN(C)CC1CCN(CCC(=O)O)C1. The lowest BCUT2D eigenvalue weighted by Crippen LogP contribution is -2.27. The van der Waals surface area contributed by atoms with Gasteiger partial charge in [-0.2, -0.15) is 0 Å². The second-order valence-corrected chi connectivity index (χ2v) is 4.36. The van der Waals surface area contributed by atoms with Crippen molar-refractivity contribution in [2.75, 3.05) is 40.3 Å². The van der Waals surface area contributed by atoms with E-state index in [1.54, 1.807) is 0 Å². The fourth-order valence-electron chi connectivity index (χ4n) is 2.04. The number of nitrogens with zero attached hydrogens (tertiary/aromatic N) is 2. The van der Waals surface area contributed by atoms with E-state index >= 15 is 0 Å². The normalized spacial score (nSPS) is 23.2. The second-order valence-electron chi connectivity index (χ2n) is 4.36. The summed E-state index contributed by atoms with van der Waals surface area (Å²) in [6.45, 7) is 3.94. The predicted molar refractivity (Wildman–Crippen MR) is 55.4 cm³/mol. The molecule has 1 saturated heterocycles. The summed E-state index contributed by atoms with van der Waals surface area (Å²) < 4.78 is 0. The molecule has 0 bridgehead atoms. The number of carboxylic acid groups (broad SMARTS) is 1. The number of rotatable bonds is 5. The molecule has 0 radical (unpaired) electrons. The zero-order chi connectivity index (χ0) is 10.6. The van der Waals surface area contributed by atoms with Crippen molar-refractivity contribution in [1.82, 2.24) is 9.80 Å². The van der Waals surface area contributed by atoms with E-state index in [2.05, 4.69) is 23.9 Å². The van der Waals surface area contributed by atoms with Crippen LogP contribution in [0.5, 0.6) is 0 Å². The Hall–Kier alpha value is -0.610. The molecule has 1 unspecified atom stereocenters. The van der Waals surface area contributed by atoms with Crippen molar-refractivity contribution < 1.29 is 9.90 Å². The van der Waals surface area contributed by atoms with Crippen molar-refractivity contribution in [2.24, 2.45) is 5.92 Å². The van der Waals surface area contributed by atoms with Crippen molar-refractivity contribution >= 4 is 5.97 Å². The molecule has 14 heavy (non-hydrogen) atoms. The van der Waals surface area contributed by atoms with Gasteiger partial charge in [0.05, 0.1) is 6.42 Å². The van der Waals surface area contributed by atoms with Gasteiger partial charge in [-0.3, -0.25) is 4.79 Å². The molecule has 1 aliphatic heterocycles. The first-order valence-electron chi connectivity index (χ1n) is 5.17. The maximum absolute atomic E-state index is 10.4. The molecule has 0 aliphatic carbocycles. The molecule has 0 aromatic carbocycles. The third-order valence-corrected chi connectivity index (χ3v) is 2.64. The monoisotopic (exact) mass is 200 g/mol. The van der Waals surface area contributed by atoms with E-state index in [1.165, 1.54) is 6.42 Å². The molecular weight excluding hydrogens is 180 g/mol. The molecule has 1 atom stereocenters. The van der Waals surface area contributed by atoms with Crippen LogP contribution in [0.3, 0.4) is 0 Å².